The van der Waals surface area contributed by atoms with Crippen molar-refractivity contribution in [3.05, 3.63) is 70.8 Å². The zero-order chi connectivity index (χ0) is 16.9. The van der Waals surface area contributed by atoms with Gasteiger partial charge in [-0.1, -0.05) is 24.3 Å². The predicted molar refractivity (Wildman–Crippen MR) is 103 cm³/mol. The van der Waals surface area contributed by atoms with E-state index in [2.05, 4.69) is 74.2 Å². The van der Waals surface area contributed by atoms with Crippen molar-refractivity contribution in [2.45, 2.75) is 13.8 Å². The van der Waals surface area contributed by atoms with Crippen LogP contribution < -0.4 is 10.2 Å². The third kappa shape index (κ3) is 3.74. The van der Waals surface area contributed by atoms with Gasteiger partial charge in [-0.15, -0.1) is 0 Å². The Morgan fingerprint density at radius 1 is 1.08 bits per heavy atom. The Hall–Kier alpha value is -2.40. The number of hydrogen-bond donors (Lipinski definition) is 1. The maximum absolute atomic E-state index is 4.66. The molecule has 1 aromatic heterocycles. The van der Waals surface area contributed by atoms with E-state index >= 15 is 0 Å². The van der Waals surface area contributed by atoms with Gasteiger partial charge in [0.05, 0.1) is 5.69 Å². The first-order chi connectivity index (χ1) is 11.7. The van der Waals surface area contributed by atoms with Crippen LogP contribution in [0.15, 0.2) is 65.3 Å². The van der Waals surface area contributed by atoms with Gasteiger partial charge in [0.25, 0.3) is 0 Å². The van der Waals surface area contributed by atoms with Crippen molar-refractivity contribution in [1.82, 2.24) is 9.97 Å². The second-order valence-electron chi connectivity index (χ2n) is 5.43. The lowest BCUT2D eigenvalue weighted by Gasteiger charge is -2.22. The number of benzene rings is 2. The van der Waals surface area contributed by atoms with Crippen LogP contribution in [-0.2, 0) is 0 Å². The lowest BCUT2D eigenvalue weighted by atomic mass is 10.2. The topological polar surface area (TPSA) is 41.1 Å². The first-order valence-electron chi connectivity index (χ1n) is 7.86. The Morgan fingerprint density at radius 2 is 1.88 bits per heavy atom. The van der Waals surface area contributed by atoms with Gasteiger partial charge in [0.2, 0.25) is 5.95 Å². The average molecular weight is 383 g/mol. The van der Waals surface area contributed by atoms with Gasteiger partial charge in [-0.2, -0.15) is 4.98 Å². The van der Waals surface area contributed by atoms with Gasteiger partial charge in [-0.05, 0) is 65.7 Å². The highest BCUT2D eigenvalue weighted by atomic mass is 79.9. The van der Waals surface area contributed by atoms with Crippen molar-refractivity contribution in [2.75, 3.05) is 16.8 Å². The molecule has 3 rings (SSSR count). The first-order valence-corrected chi connectivity index (χ1v) is 8.65. The molecule has 0 aliphatic carbocycles. The Labute approximate surface area is 150 Å². The van der Waals surface area contributed by atoms with Gasteiger partial charge in [-0.25, -0.2) is 4.98 Å². The minimum atomic E-state index is 0.575. The Kier molecular flexibility index (Phi) is 5.11. The van der Waals surface area contributed by atoms with E-state index in [1.54, 1.807) is 6.20 Å². The molecule has 0 aliphatic rings. The Bertz CT molecular complexity index is 821. The largest absolute Gasteiger partial charge is 0.327 e. The van der Waals surface area contributed by atoms with Crippen molar-refractivity contribution >= 4 is 39.1 Å². The fourth-order valence-electron chi connectivity index (χ4n) is 2.49. The molecule has 0 amide bonds. The van der Waals surface area contributed by atoms with Crippen LogP contribution >= 0.6 is 15.9 Å². The second-order valence-corrected chi connectivity index (χ2v) is 6.28. The van der Waals surface area contributed by atoms with E-state index in [0.717, 1.165) is 28.2 Å². The van der Waals surface area contributed by atoms with E-state index in [9.17, 15) is 0 Å². The number of anilines is 4. The summed E-state index contributed by atoms with van der Waals surface area (Å²) in [5.41, 5.74) is 3.25. The molecule has 0 bridgehead atoms. The van der Waals surface area contributed by atoms with Gasteiger partial charge in [0.15, 0.2) is 0 Å². The van der Waals surface area contributed by atoms with Gasteiger partial charge >= 0.3 is 0 Å². The van der Waals surface area contributed by atoms with Gasteiger partial charge < -0.3 is 10.2 Å². The van der Waals surface area contributed by atoms with E-state index < -0.39 is 0 Å². The maximum atomic E-state index is 4.66. The van der Waals surface area contributed by atoms with Crippen LogP contribution in [-0.4, -0.2) is 16.5 Å². The summed E-state index contributed by atoms with van der Waals surface area (Å²) in [5, 5.41) is 3.27. The van der Waals surface area contributed by atoms with Gasteiger partial charge in [0.1, 0.15) is 5.82 Å². The molecular formula is C19H19BrN4. The molecule has 1 heterocycles. The summed E-state index contributed by atoms with van der Waals surface area (Å²) in [5.74, 6) is 1.44. The highest BCUT2D eigenvalue weighted by Crippen LogP contribution is 2.27. The van der Waals surface area contributed by atoms with Crippen LogP contribution in [0.25, 0.3) is 0 Å². The monoisotopic (exact) mass is 382 g/mol. The smallest absolute Gasteiger partial charge is 0.229 e. The van der Waals surface area contributed by atoms with Crippen molar-refractivity contribution in [3.8, 4) is 0 Å². The lowest BCUT2D eigenvalue weighted by molar-refractivity contribution is 0.979. The molecule has 0 spiro atoms. The Balaban J connectivity index is 1.88. The number of para-hydroxylation sites is 1. The molecule has 24 heavy (non-hydrogen) atoms. The zero-order valence-corrected chi connectivity index (χ0v) is 15.3. The highest BCUT2D eigenvalue weighted by molar-refractivity contribution is 9.10. The summed E-state index contributed by atoms with van der Waals surface area (Å²) in [6.07, 6.45) is 1.78. The highest BCUT2D eigenvalue weighted by Gasteiger charge is 2.10. The summed E-state index contributed by atoms with van der Waals surface area (Å²) in [6.45, 7) is 5.00. The second kappa shape index (κ2) is 7.45. The van der Waals surface area contributed by atoms with Crippen LogP contribution in [0.3, 0.4) is 0 Å². The van der Waals surface area contributed by atoms with E-state index in [4.69, 9.17) is 0 Å². The zero-order valence-electron chi connectivity index (χ0n) is 13.7. The lowest BCUT2D eigenvalue weighted by Crippen LogP contribution is -2.17. The summed E-state index contributed by atoms with van der Waals surface area (Å²) >= 11 is 3.57. The minimum Gasteiger partial charge on any atom is -0.327 e. The number of halogens is 1. The third-order valence-electron chi connectivity index (χ3n) is 3.67. The van der Waals surface area contributed by atoms with Crippen LogP contribution in [0, 0.1) is 6.92 Å². The molecule has 0 atom stereocenters. The number of nitrogens with zero attached hydrogens (tertiary/aromatic N) is 3. The molecule has 0 saturated heterocycles. The molecular weight excluding hydrogens is 364 g/mol. The number of aryl methyl sites for hydroxylation is 1. The molecule has 0 aliphatic heterocycles. The fourth-order valence-corrected chi connectivity index (χ4v) is 3.08. The number of rotatable bonds is 5. The molecule has 0 fully saturated rings. The first kappa shape index (κ1) is 16.5. The fraction of sp³-hybridized carbons (Fsp3) is 0.158. The van der Waals surface area contributed by atoms with E-state index in [1.165, 1.54) is 5.56 Å². The normalized spacial score (nSPS) is 10.5. The number of nitrogens with one attached hydrogen (secondary N) is 1. The summed E-state index contributed by atoms with van der Waals surface area (Å²) in [7, 11) is 0. The van der Waals surface area contributed by atoms with E-state index in [0.29, 0.717) is 5.95 Å². The van der Waals surface area contributed by atoms with Crippen molar-refractivity contribution in [1.29, 1.82) is 0 Å². The summed E-state index contributed by atoms with van der Waals surface area (Å²) in [4.78, 5) is 11.2. The van der Waals surface area contributed by atoms with Crippen molar-refractivity contribution < 1.29 is 0 Å². The molecule has 0 unspecified atom stereocenters. The third-order valence-corrected chi connectivity index (χ3v) is 4.33. The van der Waals surface area contributed by atoms with Crippen molar-refractivity contribution in [3.63, 3.8) is 0 Å². The van der Waals surface area contributed by atoms with Gasteiger partial charge in [-0.3, -0.25) is 0 Å². The van der Waals surface area contributed by atoms with Crippen molar-refractivity contribution in [2.24, 2.45) is 0 Å². The Morgan fingerprint density at radius 3 is 2.58 bits per heavy atom. The molecule has 0 saturated carbocycles. The molecule has 4 nitrogen and oxygen atoms in total. The van der Waals surface area contributed by atoms with Gasteiger partial charge in [0, 0.05) is 22.9 Å². The van der Waals surface area contributed by atoms with Crippen LogP contribution in [0.5, 0.6) is 0 Å². The molecule has 0 radical (unpaired) electrons. The molecule has 122 valence electrons. The number of hydrogen-bond acceptors (Lipinski definition) is 4. The molecule has 1 N–H and O–H groups in total. The molecule has 3 aromatic rings. The maximum Gasteiger partial charge on any atom is 0.229 e. The van der Waals surface area contributed by atoms with E-state index in [1.807, 2.05) is 30.3 Å². The average Bonchev–Trinajstić information content (AvgIpc) is 2.60. The predicted octanol–water partition coefficient (Wildman–Crippen LogP) is 5.45. The van der Waals surface area contributed by atoms with E-state index in [-0.39, 0.29) is 0 Å². The van der Waals surface area contributed by atoms with Crippen LogP contribution in [0.4, 0.5) is 23.1 Å². The van der Waals surface area contributed by atoms with Crippen LogP contribution in [0.1, 0.15) is 12.5 Å². The molecule has 5 heteroatoms. The summed E-state index contributed by atoms with van der Waals surface area (Å²) < 4.78 is 0.993. The number of aromatic nitrogens is 2. The summed E-state index contributed by atoms with van der Waals surface area (Å²) in [6, 6.07) is 18.3. The molecule has 2 aromatic carbocycles. The minimum absolute atomic E-state index is 0.575. The standard InChI is InChI=1S/C19H19BrN4/c1-3-24(15-7-5-4-6-8-15)18-11-12-21-19(23-18)22-17-10-9-14(2)13-16(17)20/h4-13H,3H2,1-2H3,(H,21,22,23). The SMILES string of the molecule is CCN(c1ccccc1)c1ccnc(Nc2ccc(C)cc2Br)n1. The van der Waals surface area contributed by atoms with Crippen LogP contribution in [0.2, 0.25) is 0 Å². The quantitative estimate of drug-likeness (QED) is 0.636.